The Morgan fingerprint density at radius 1 is 0.955 bits per heavy atom. The highest BCUT2D eigenvalue weighted by molar-refractivity contribution is 7.61. The fraction of sp³-hybridized carbons (Fsp3) is 0.111. The van der Waals surface area contributed by atoms with Crippen LogP contribution in [0.2, 0.25) is 0 Å². The highest BCUT2D eigenvalue weighted by Crippen LogP contribution is 2.43. The van der Waals surface area contributed by atoms with Crippen molar-refractivity contribution in [1.82, 2.24) is 0 Å². The summed E-state index contributed by atoms with van der Waals surface area (Å²) in [6, 6.07) is 14.2. The van der Waals surface area contributed by atoms with E-state index in [1.54, 1.807) is 42.5 Å². The van der Waals surface area contributed by atoms with Crippen LogP contribution in [0, 0.1) is 0 Å². The van der Waals surface area contributed by atoms with E-state index in [-0.39, 0.29) is 0 Å². The van der Waals surface area contributed by atoms with E-state index in [0.717, 1.165) is 11.1 Å². The number of rotatable bonds is 7. The van der Waals surface area contributed by atoms with E-state index < -0.39 is 7.60 Å². The first-order valence-electron chi connectivity index (χ1n) is 6.99. The summed E-state index contributed by atoms with van der Waals surface area (Å²) in [5, 5.41) is 0.309. The Morgan fingerprint density at radius 3 is 2.18 bits per heavy atom. The quantitative estimate of drug-likeness (QED) is 0.620. The second kappa shape index (κ2) is 7.26. The average Bonchev–Trinajstić information content (AvgIpc) is 2.50. The van der Waals surface area contributed by atoms with Crippen LogP contribution in [0.15, 0.2) is 73.8 Å². The zero-order chi connectivity index (χ0) is 16.0. The maximum absolute atomic E-state index is 12.7. The van der Waals surface area contributed by atoms with Crippen molar-refractivity contribution in [3.05, 3.63) is 85.0 Å². The molecule has 22 heavy (non-hydrogen) atoms. The Hall–Kier alpha value is -2.09. The molecule has 0 bridgehead atoms. The lowest BCUT2D eigenvalue weighted by atomic mass is 10.1. The molecular formula is C18H19O3P. The number of para-hydroxylation sites is 1. The molecule has 3 nitrogen and oxygen atoms in total. The summed E-state index contributed by atoms with van der Waals surface area (Å²) < 4.78 is 18.2. The lowest BCUT2D eigenvalue weighted by Crippen LogP contribution is -2.14. The van der Waals surface area contributed by atoms with E-state index in [9.17, 15) is 9.46 Å². The average molecular weight is 314 g/mol. The molecule has 0 aliphatic heterocycles. The van der Waals surface area contributed by atoms with Gasteiger partial charge >= 0.3 is 7.60 Å². The molecule has 1 N–H and O–H groups in total. The number of allylic oxidation sites excluding steroid dienone is 2. The van der Waals surface area contributed by atoms with E-state index in [1.165, 1.54) is 0 Å². The minimum Gasteiger partial charge on any atom is -0.421 e. The monoisotopic (exact) mass is 314 g/mol. The normalized spacial score (nSPS) is 13.1. The van der Waals surface area contributed by atoms with Crippen LogP contribution >= 0.6 is 7.60 Å². The highest BCUT2D eigenvalue weighted by Gasteiger charge is 2.27. The van der Waals surface area contributed by atoms with Crippen molar-refractivity contribution in [2.75, 3.05) is 0 Å². The molecular weight excluding hydrogens is 295 g/mol. The van der Waals surface area contributed by atoms with Crippen molar-refractivity contribution >= 4 is 12.9 Å². The molecule has 0 saturated heterocycles. The van der Waals surface area contributed by atoms with Gasteiger partial charge in [0.15, 0.2) is 0 Å². The summed E-state index contributed by atoms with van der Waals surface area (Å²) in [6.45, 7) is 7.37. The number of hydrogen-bond acceptors (Lipinski definition) is 2. The van der Waals surface area contributed by atoms with Crippen LogP contribution < -0.4 is 9.83 Å². The summed E-state index contributed by atoms with van der Waals surface area (Å²) >= 11 is 0. The van der Waals surface area contributed by atoms with Gasteiger partial charge in [0, 0.05) is 0 Å². The summed E-state index contributed by atoms with van der Waals surface area (Å²) in [6.07, 6.45) is 4.52. The van der Waals surface area contributed by atoms with Crippen molar-refractivity contribution in [3.8, 4) is 5.75 Å². The molecule has 1 unspecified atom stereocenters. The van der Waals surface area contributed by atoms with Crippen LogP contribution in [0.25, 0.3) is 0 Å². The minimum atomic E-state index is -3.97. The predicted molar refractivity (Wildman–Crippen MR) is 90.8 cm³/mol. The Balaban J connectivity index is 2.38. The van der Waals surface area contributed by atoms with Gasteiger partial charge in [0.25, 0.3) is 0 Å². The third kappa shape index (κ3) is 3.76. The van der Waals surface area contributed by atoms with E-state index in [4.69, 9.17) is 4.52 Å². The van der Waals surface area contributed by atoms with Crippen molar-refractivity contribution in [2.24, 2.45) is 0 Å². The third-order valence-corrected chi connectivity index (χ3v) is 4.71. The molecule has 0 radical (unpaired) electrons. The molecule has 1 atom stereocenters. The zero-order valence-corrected chi connectivity index (χ0v) is 13.2. The molecule has 0 aliphatic carbocycles. The standard InChI is InChI=1S/C18H19O3P/c1-3-9-15-11-5-7-13-17(15)21-22(19,20)18-14-8-6-12-16(18)10-4-2/h3-8,11-14H,1-2,9-10H2,(H,19,20). The summed E-state index contributed by atoms with van der Waals surface area (Å²) in [7, 11) is -3.97. The molecule has 0 aromatic heterocycles. The van der Waals surface area contributed by atoms with Gasteiger partial charge < -0.3 is 9.42 Å². The lowest BCUT2D eigenvalue weighted by molar-refractivity contribution is 0.392. The first-order chi connectivity index (χ1) is 10.6. The van der Waals surface area contributed by atoms with Crippen LogP contribution in [0.4, 0.5) is 0 Å². The van der Waals surface area contributed by atoms with Gasteiger partial charge in [-0.3, -0.25) is 0 Å². The molecule has 0 saturated carbocycles. The molecule has 0 heterocycles. The van der Waals surface area contributed by atoms with Gasteiger partial charge in [-0.2, -0.15) is 0 Å². The zero-order valence-electron chi connectivity index (χ0n) is 12.3. The SMILES string of the molecule is C=CCc1ccccc1OP(=O)(O)c1ccccc1CC=C. The maximum atomic E-state index is 12.7. The van der Waals surface area contributed by atoms with Crippen LogP contribution in [-0.2, 0) is 17.4 Å². The smallest absolute Gasteiger partial charge is 0.408 e. The van der Waals surface area contributed by atoms with Gasteiger partial charge in [-0.25, -0.2) is 4.57 Å². The van der Waals surface area contributed by atoms with Crippen molar-refractivity contribution in [1.29, 1.82) is 0 Å². The first kappa shape index (κ1) is 16.3. The van der Waals surface area contributed by atoms with Crippen molar-refractivity contribution in [2.45, 2.75) is 12.8 Å². The van der Waals surface area contributed by atoms with Gasteiger partial charge in [0.2, 0.25) is 0 Å². The molecule has 4 heteroatoms. The minimum absolute atomic E-state index is 0.309. The summed E-state index contributed by atoms with van der Waals surface area (Å²) in [5.41, 5.74) is 1.57. The molecule has 114 valence electrons. The Labute approximate surface area is 131 Å². The first-order valence-corrected chi connectivity index (χ1v) is 8.57. The summed E-state index contributed by atoms with van der Waals surface area (Å²) in [5.74, 6) is 0.404. The van der Waals surface area contributed by atoms with Crippen molar-refractivity contribution < 1.29 is 14.0 Å². The van der Waals surface area contributed by atoms with Gasteiger partial charge in [-0.05, 0) is 36.1 Å². The molecule has 0 spiro atoms. The molecule has 2 aromatic rings. The van der Waals surface area contributed by atoms with Gasteiger partial charge in [0.05, 0.1) is 5.30 Å². The summed E-state index contributed by atoms with van der Waals surface area (Å²) in [4.78, 5) is 10.4. The molecule has 0 fully saturated rings. The third-order valence-electron chi connectivity index (χ3n) is 3.22. The van der Waals surface area contributed by atoms with Crippen molar-refractivity contribution in [3.63, 3.8) is 0 Å². The highest BCUT2D eigenvalue weighted by atomic mass is 31.2. The molecule has 2 aromatic carbocycles. The second-order valence-corrected chi connectivity index (χ2v) is 6.54. The van der Waals surface area contributed by atoms with Crippen LogP contribution in [0.3, 0.4) is 0 Å². The topological polar surface area (TPSA) is 46.5 Å². The fourth-order valence-corrected chi connectivity index (χ4v) is 3.56. The number of hydrogen-bond donors (Lipinski definition) is 1. The lowest BCUT2D eigenvalue weighted by Gasteiger charge is -2.18. The Kier molecular flexibility index (Phi) is 5.37. The number of benzene rings is 2. The van der Waals surface area contributed by atoms with Crippen LogP contribution in [-0.4, -0.2) is 4.89 Å². The second-order valence-electron chi connectivity index (χ2n) is 4.83. The Morgan fingerprint density at radius 2 is 1.50 bits per heavy atom. The fourth-order valence-electron chi connectivity index (χ4n) is 2.21. The largest absolute Gasteiger partial charge is 0.421 e. The molecule has 2 rings (SSSR count). The van der Waals surface area contributed by atoms with Crippen LogP contribution in [0.1, 0.15) is 11.1 Å². The predicted octanol–water partition coefficient (Wildman–Crippen LogP) is 4.03. The van der Waals surface area contributed by atoms with E-state index in [2.05, 4.69) is 13.2 Å². The van der Waals surface area contributed by atoms with E-state index >= 15 is 0 Å². The van der Waals surface area contributed by atoms with E-state index in [0.29, 0.717) is 23.9 Å². The van der Waals surface area contributed by atoms with Gasteiger partial charge in [0.1, 0.15) is 5.75 Å². The van der Waals surface area contributed by atoms with Crippen LogP contribution in [0.5, 0.6) is 5.75 Å². The molecule has 0 aliphatic rings. The Bertz CT molecular complexity index is 722. The van der Waals surface area contributed by atoms with Gasteiger partial charge in [-0.1, -0.05) is 48.6 Å². The van der Waals surface area contributed by atoms with Gasteiger partial charge in [-0.15, -0.1) is 13.2 Å². The maximum Gasteiger partial charge on any atom is 0.408 e. The molecule has 0 amide bonds. The van der Waals surface area contributed by atoms with E-state index in [1.807, 2.05) is 18.2 Å².